The SMILES string of the molecule is O=C(CC1CC2CCC(C1)N2)Nc1cccc(-c2nnnn2C2CC2)c1. The van der Waals surface area contributed by atoms with Crippen molar-refractivity contribution in [2.75, 3.05) is 5.32 Å². The van der Waals surface area contributed by atoms with Gasteiger partial charge >= 0.3 is 0 Å². The van der Waals surface area contributed by atoms with Gasteiger partial charge in [0.15, 0.2) is 5.82 Å². The predicted molar refractivity (Wildman–Crippen MR) is 97.4 cm³/mol. The van der Waals surface area contributed by atoms with Crippen LogP contribution in [0.4, 0.5) is 5.69 Å². The van der Waals surface area contributed by atoms with E-state index < -0.39 is 0 Å². The third-order valence-corrected chi connectivity index (χ3v) is 5.83. The molecule has 3 aliphatic rings. The first-order chi connectivity index (χ1) is 12.7. The van der Waals surface area contributed by atoms with E-state index in [1.54, 1.807) is 0 Å². The summed E-state index contributed by atoms with van der Waals surface area (Å²) in [5.74, 6) is 1.38. The average molecular weight is 352 g/mol. The number of carbonyl (C=O) groups is 1. The summed E-state index contributed by atoms with van der Waals surface area (Å²) in [5, 5.41) is 18.8. The van der Waals surface area contributed by atoms with Crippen LogP contribution < -0.4 is 10.6 Å². The fourth-order valence-electron chi connectivity index (χ4n) is 4.50. The summed E-state index contributed by atoms with van der Waals surface area (Å²) in [6, 6.07) is 9.50. The molecule has 2 aliphatic heterocycles. The Kier molecular flexibility index (Phi) is 3.96. The zero-order valence-electron chi connectivity index (χ0n) is 14.8. The molecule has 1 aromatic carbocycles. The molecule has 2 aromatic rings. The first-order valence-electron chi connectivity index (χ1n) is 9.69. The van der Waals surface area contributed by atoms with E-state index in [9.17, 15) is 4.79 Å². The molecular weight excluding hydrogens is 328 g/mol. The highest BCUT2D eigenvalue weighted by Gasteiger charge is 2.34. The zero-order chi connectivity index (χ0) is 17.5. The second-order valence-corrected chi connectivity index (χ2v) is 7.99. The van der Waals surface area contributed by atoms with Gasteiger partial charge in [0.05, 0.1) is 6.04 Å². The molecule has 2 atom stereocenters. The summed E-state index contributed by atoms with van der Waals surface area (Å²) in [6.45, 7) is 0. The molecule has 0 radical (unpaired) electrons. The number of hydrogen-bond donors (Lipinski definition) is 2. The Hall–Kier alpha value is -2.28. The van der Waals surface area contributed by atoms with E-state index in [1.165, 1.54) is 12.8 Å². The molecule has 7 heteroatoms. The molecule has 3 heterocycles. The van der Waals surface area contributed by atoms with Crippen LogP contribution in [0.3, 0.4) is 0 Å². The van der Waals surface area contributed by atoms with Crippen LogP contribution in [0, 0.1) is 5.92 Å². The van der Waals surface area contributed by atoms with Gasteiger partial charge in [-0.25, -0.2) is 4.68 Å². The van der Waals surface area contributed by atoms with Crippen molar-refractivity contribution < 1.29 is 4.79 Å². The van der Waals surface area contributed by atoms with E-state index in [4.69, 9.17) is 0 Å². The summed E-state index contributed by atoms with van der Waals surface area (Å²) < 4.78 is 1.89. The van der Waals surface area contributed by atoms with Gasteiger partial charge in [0.1, 0.15) is 0 Å². The Balaban J connectivity index is 1.25. The number of aromatic nitrogens is 4. The monoisotopic (exact) mass is 352 g/mol. The maximum Gasteiger partial charge on any atom is 0.224 e. The molecule has 2 unspecified atom stereocenters. The second-order valence-electron chi connectivity index (χ2n) is 7.99. The summed E-state index contributed by atoms with van der Waals surface area (Å²) >= 11 is 0. The van der Waals surface area contributed by atoms with Crippen molar-refractivity contribution in [1.82, 2.24) is 25.5 Å². The van der Waals surface area contributed by atoms with Gasteiger partial charge in [-0.1, -0.05) is 12.1 Å². The van der Waals surface area contributed by atoms with Crippen molar-refractivity contribution in [3.8, 4) is 11.4 Å². The van der Waals surface area contributed by atoms with Crippen molar-refractivity contribution in [2.45, 2.75) is 63.1 Å². The van der Waals surface area contributed by atoms with Gasteiger partial charge in [-0.3, -0.25) is 4.79 Å². The molecule has 136 valence electrons. The van der Waals surface area contributed by atoms with Gasteiger partial charge in [0.25, 0.3) is 0 Å². The topological polar surface area (TPSA) is 84.7 Å². The van der Waals surface area contributed by atoms with Gasteiger partial charge in [-0.15, -0.1) is 5.10 Å². The number of carbonyl (C=O) groups excluding carboxylic acids is 1. The Bertz CT molecular complexity index is 802. The van der Waals surface area contributed by atoms with Gasteiger partial charge < -0.3 is 10.6 Å². The van der Waals surface area contributed by atoms with Crippen LogP contribution in [-0.4, -0.2) is 38.2 Å². The van der Waals surface area contributed by atoms with Crippen LogP contribution in [0.2, 0.25) is 0 Å². The molecule has 2 N–H and O–H groups in total. The lowest BCUT2D eigenvalue weighted by atomic mass is 9.89. The summed E-state index contributed by atoms with van der Waals surface area (Å²) in [5.41, 5.74) is 1.76. The quantitative estimate of drug-likeness (QED) is 0.864. The van der Waals surface area contributed by atoms with Crippen molar-refractivity contribution in [3.05, 3.63) is 24.3 Å². The van der Waals surface area contributed by atoms with Crippen LogP contribution in [-0.2, 0) is 4.79 Å². The number of tetrazole rings is 1. The van der Waals surface area contributed by atoms with Gasteiger partial charge in [-0.2, -0.15) is 0 Å². The summed E-state index contributed by atoms with van der Waals surface area (Å²) in [7, 11) is 0. The van der Waals surface area contributed by atoms with Crippen LogP contribution in [0.25, 0.3) is 11.4 Å². The first kappa shape index (κ1) is 15.9. The van der Waals surface area contributed by atoms with Crippen molar-refractivity contribution in [3.63, 3.8) is 0 Å². The number of anilines is 1. The summed E-state index contributed by atoms with van der Waals surface area (Å²) in [6.07, 6.45) is 7.65. The molecule has 2 bridgehead atoms. The van der Waals surface area contributed by atoms with Gasteiger partial charge in [0, 0.05) is 29.8 Å². The number of rotatable bonds is 5. The maximum atomic E-state index is 12.5. The maximum absolute atomic E-state index is 12.5. The highest BCUT2D eigenvalue weighted by Crippen LogP contribution is 2.37. The smallest absolute Gasteiger partial charge is 0.224 e. The number of benzene rings is 1. The van der Waals surface area contributed by atoms with Crippen molar-refractivity contribution in [1.29, 1.82) is 0 Å². The van der Waals surface area contributed by atoms with E-state index in [2.05, 4.69) is 26.2 Å². The largest absolute Gasteiger partial charge is 0.326 e. The number of fused-ring (bicyclic) bond motifs is 2. The first-order valence-corrected chi connectivity index (χ1v) is 9.69. The number of hydrogen-bond acceptors (Lipinski definition) is 5. The van der Waals surface area contributed by atoms with Crippen LogP contribution >= 0.6 is 0 Å². The minimum atomic E-state index is 0.107. The van der Waals surface area contributed by atoms with E-state index in [-0.39, 0.29) is 5.91 Å². The number of nitrogens with zero attached hydrogens (tertiary/aromatic N) is 4. The average Bonchev–Trinajstić information content (AvgIpc) is 3.25. The number of nitrogens with one attached hydrogen (secondary N) is 2. The fraction of sp³-hybridized carbons (Fsp3) is 0.579. The Morgan fingerprint density at radius 3 is 2.77 bits per heavy atom. The normalized spacial score (nSPS) is 27.5. The predicted octanol–water partition coefficient (Wildman–Crippen LogP) is 2.53. The number of piperidine rings is 1. The van der Waals surface area contributed by atoms with E-state index >= 15 is 0 Å². The van der Waals surface area contributed by atoms with Crippen LogP contribution in [0.1, 0.15) is 51.0 Å². The molecule has 1 aromatic heterocycles. The summed E-state index contributed by atoms with van der Waals surface area (Å²) in [4.78, 5) is 12.5. The van der Waals surface area contributed by atoms with Crippen molar-refractivity contribution in [2.24, 2.45) is 5.92 Å². The van der Waals surface area contributed by atoms with Crippen molar-refractivity contribution >= 4 is 11.6 Å². The Morgan fingerprint density at radius 2 is 2.00 bits per heavy atom. The lowest BCUT2D eigenvalue weighted by Crippen LogP contribution is -2.39. The van der Waals surface area contributed by atoms with E-state index in [0.29, 0.717) is 30.5 Å². The zero-order valence-corrected chi connectivity index (χ0v) is 14.8. The molecule has 2 saturated heterocycles. The Labute approximate surface area is 152 Å². The Morgan fingerprint density at radius 1 is 1.19 bits per heavy atom. The number of amides is 1. The highest BCUT2D eigenvalue weighted by molar-refractivity contribution is 5.91. The molecule has 26 heavy (non-hydrogen) atoms. The minimum Gasteiger partial charge on any atom is -0.326 e. The molecule has 0 spiro atoms. The minimum absolute atomic E-state index is 0.107. The third kappa shape index (κ3) is 3.23. The molecule has 1 saturated carbocycles. The lowest BCUT2D eigenvalue weighted by molar-refractivity contribution is -0.117. The lowest BCUT2D eigenvalue weighted by Gasteiger charge is -2.28. The van der Waals surface area contributed by atoms with Gasteiger partial charge in [-0.05, 0) is 67.0 Å². The van der Waals surface area contributed by atoms with Crippen LogP contribution in [0.15, 0.2) is 24.3 Å². The molecule has 1 amide bonds. The molecule has 7 nitrogen and oxygen atoms in total. The van der Waals surface area contributed by atoms with E-state index in [1.807, 2.05) is 28.9 Å². The standard InChI is InChI=1S/C19H24N6O/c26-18(10-12-8-15-4-5-16(9-12)20-15)21-14-3-1-2-13(11-14)19-22-23-24-25(19)17-6-7-17/h1-3,11-12,15-17,20H,4-10H2,(H,21,26). The highest BCUT2D eigenvalue weighted by atomic mass is 16.1. The van der Waals surface area contributed by atoms with E-state index in [0.717, 1.165) is 42.8 Å². The second kappa shape index (κ2) is 6.46. The molecule has 3 fully saturated rings. The third-order valence-electron chi connectivity index (χ3n) is 5.83. The van der Waals surface area contributed by atoms with Crippen LogP contribution in [0.5, 0.6) is 0 Å². The molecular formula is C19H24N6O. The molecule has 1 aliphatic carbocycles. The molecule has 5 rings (SSSR count). The fourth-order valence-corrected chi connectivity index (χ4v) is 4.50. The van der Waals surface area contributed by atoms with Gasteiger partial charge in [0.2, 0.25) is 5.91 Å².